The van der Waals surface area contributed by atoms with E-state index < -0.39 is 12.1 Å². The summed E-state index contributed by atoms with van der Waals surface area (Å²) in [6.45, 7) is 5.91. The molecule has 8 atom stereocenters. The second-order valence-electron chi connectivity index (χ2n) is 12.8. The number of nitrogens with one attached hydrogen (secondary N) is 1. The topological polar surface area (TPSA) is 113 Å². The van der Waals surface area contributed by atoms with Crippen LogP contribution in [0.3, 0.4) is 0 Å². The van der Waals surface area contributed by atoms with Crippen molar-refractivity contribution < 1.29 is 38.4 Å². The molecule has 2 heterocycles. The van der Waals surface area contributed by atoms with Crippen LogP contribution in [0.25, 0.3) is 0 Å². The van der Waals surface area contributed by atoms with Crippen molar-refractivity contribution >= 4 is 11.9 Å². The molecular weight excluding hydrogens is 562 g/mol. The second kappa shape index (κ2) is 21.1. The van der Waals surface area contributed by atoms with Gasteiger partial charge in [0, 0.05) is 32.0 Å². The van der Waals surface area contributed by atoms with Crippen molar-refractivity contribution in [3.63, 3.8) is 0 Å². The van der Waals surface area contributed by atoms with Crippen LogP contribution in [0.5, 0.6) is 0 Å². The van der Waals surface area contributed by atoms with Crippen molar-refractivity contribution in [3.05, 3.63) is 24.3 Å². The number of aliphatic hydroxyl groups is 1. The summed E-state index contributed by atoms with van der Waals surface area (Å²) >= 11 is 0. The third-order valence-corrected chi connectivity index (χ3v) is 9.06. The molecule has 0 radical (unpaired) electrons. The number of unbranched alkanes of at least 4 members (excludes halogenated alkanes) is 2. The molecule has 3 aliphatic rings. The van der Waals surface area contributed by atoms with E-state index in [0.717, 1.165) is 71.0 Å². The third kappa shape index (κ3) is 13.7. The minimum absolute atomic E-state index is 0.0172. The van der Waals surface area contributed by atoms with Gasteiger partial charge in [0.2, 0.25) is 5.91 Å². The molecule has 0 aromatic rings. The molecule has 9 heteroatoms. The number of ether oxygens (including phenoxy) is 5. The van der Waals surface area contributed by atoms with Crippen molar-refractivity contribution in [2.45, 2.75) is 141 Å². The van der Waals surface area contributed by atoms with Crippen LogP contribution >= 0.6 is 0 Å². The molecule has 1 amide bonds. The number of rotatable bonds is 19. The first kappa shape index (κ1) is 36.7. The van der Waals surface area contributed by atoms with Gasteiger partial charge < -0.3 is 34.1 Å². The number of carbonyl (C=O) groups excluding carboxylic acids is 2. The molecule has 252 valence electrons. The molecule has 44 heavy (non-hydrogen) atoms. The predicted octanol–water partition coefficient (Wildman–Crippen LogP) is 5.99. The number of hydrogen-bond acceptors (Lipinski definition) is 8. The summed E-state index contributed by atoms with van der Waals surface area (Å²) in [5, 5.41) is 13.8. The number of hydrogen-bond donors (Lipinski definition) is 2. The Morgan fingerprint density at radius 3 is 2.48 bits per heavy atom. The van der Waals surface area contributed by atoms with E-state index in [2.05, 4.69) is 48.2 Å². The molecule has 9 nitrogen and oxygen atoms in total. The molecule has 0 aromatic carbocycles. The Balaban J connectivity index is 1.63. The maximum Gasteiger partial charge on any atom is 0.325 e. The quantitative estimate of drug-likeness (QED) is 0.103. The van der Waals surface area contributed by atoms with Gasteiger partial charge in [-0.1, -0.05) is 57.4 Å². The lowest BCUT2D eigenvalue weighted by atomic mass is 9.89. The molecule has 2 aliphatic heterocycles. The Morgan fingerprint density at radius 1 is 1.05 bits per heavy atom. The average Bonchev–Trinajstić information content (AvgIpc) is 3.32. The van der Waals surface area contributed by atoms with Crippen LogP contribution < -0.4 is 5.32 Å². The number of carbonyl (C=O) groups is 2. The Labute approximate surface area is 265 Å². The van der Waals surface area contributed by atoms with Crippen LogP contribution in [0, 0.1) is 17.8 Å². The van der Waals surface area contributed by atoms with Crippen molar-refractivity contribution in [2.75, 3.05) is 26.9 Å². The van der Waals surface area contributed by atoms with Gasteiger partial charge in [-0.05, 0) is 76.0 Å². The van der Waals surface area contributed by atoms with Gasteiger partial charge in [0.05, 0.1) is 25.4 Å². The lowest BCUT2D eigenvalue weighted by Crippen LogP contribution is -2.31. The lowest BCUT2D eigenvalue weighted by molar-refractivity contribution is -0.193. The van der Waals surface area contributed by atoms with Crippen LogP contribution in [-0.2, 0) is 33.3 Å². The van der Waals surface area contributed by atoms with Gasteiger partial charge in [-0.25, -0.2) is 0 Å². The fourth-order valence-electron chi connectivity index (χ4n) is 6.44. The fourth-order valence-corrected chi connectivity index (χ4v) is 6.44. The van der Waals surface area contributed by atoms with Crippen molar-refractivity contribution in [1.82, 2.24) is 5.32 Å². The number of allylic oxidation sites excluding steroid dienone is 2. The highest BCUT2D eigenvalue weighted by Gasteiger charge is 2.42. The monoisotopic (exact) mass is 621 g/mol. The Morgan fingerprint density at radius 2 is 1.80 bits per heavy atom. The van der Waals surface area contributed by atoms with Crippen molar-refractivity contribution in [2.24, 2.45) is 17.8 Å². The molecule has 2 N–H and O–H groups in total. The highest BCUT2D eigenvalue weighted by atomic mass is 16.7. The summed E-state index contributed by atoms with van der Waals surface area (Å²) in [6, 6.07) is 0. The molecular formula is C35H59NO8. The van der Waals surface area contributed by atoms with E-state index in [1.165, 1.54) is 26.4 Å². The normalized spacial score (nSPS) is 29.2. The van der Waals surface area contributed by atoms with Gasteiger partial charge in [-0.2, -0.15) is 0 Å². The Bertz CT molecular complexity index is 867. The van der Waals surface area contributed by atoms with Gasteiger partial charge in [0.1, 0.15) is 6.54 Å². The molecule has 1 aliphatic carbocycles. The number of amides is 1. The summed E-state index contributed by atoms with van der Waals surface area (Å²) < 4.78 is 29.4. The van der Waals surface area contributed by atoms with E-state index in [9.17, 15) is 14.7 Å². The minimum Gasteiger partial charge on any atom is -0.468 e. The SMILES string of the molecule is CCCC[C@H](C)C[C@H](/C=C/[C@@H]1[C@@H](C/C=C\CCCC(=O)NCC(=O)OC)[C@@H](O)C[C@H]1OC1CCCCO1)OC1CCCCO1. The number of methoxy groups -OCH3 is 1. The highest BCUT2D eigenvalue weighted by Crippen LogP contribution is 2.40. The van der Waals surface area contributed by atoms with Gasteiger partial charge in [-0.3, -0.25) is 9.59 Å². The summed E-state index contributed by atoms with van der Waals surface area (Å²) in [4.78, 5) is 23.1. The van der Waals surface area contributed by atoms with Gasteiger partial charge in [0.25, 0.3) is 0 Å². The average molecular weight is 622 g/mol. The van der Waals surface area contributed by atoms with E-state index in [1.54, 1.807) is 0 Å². The van der Waals surface area contributed by atoms with Crippen LogP contribution in [0.4, 0.5) is 0 Å². The van der Waals surface area contributed by atoms with Crippen LogP contribution in [0.2, 0.25) is 0 Å². The number of esters is 1. The van der Waals surface area contributed by atoms with Crippen molar-refractivity contribution in [1.29, 1.82) is 0 Å². The maximum absolute atomic E-state index is 11.9. The summed E-state index contributed by atoms with van der Waals surface area (Å²) in [5.41, 5.74) is 0. The smallest absolute Gasteiger partial charge is 0.325 e. The summed E-state index contributed by atoms with van der Waals surface area (Å²) in [6.07, 6.45) is 21.5. The predicted molar refractivity (Wildman–Crippen MR) is 170 cm³/mol. The lowest BCUT2D eigenvalue weighted by Gasteiger charge is -2.30. The van der Waals surface area contributed by atoms with Crippen LogP contribution in [0.1, 0.15) is 110 Å². The van der Waals surface area contributed by atoms with Crippen LogP contribution in [0.15, 0.2) is 24.3 Å². The van der Waals surface area contributed by atoms with Gasteiger partial charge >= 0.3 is 5.97 Å². The fraction of sp³-hybridized carbons (Fsp3) is 0.829. The zero-order valence-corrected chi connectivity index (χ0v) is 27.5. The molecule has 0 bridgehead atoms. The van der Waals surface area contributed by atoms with Gasteiger partial charge in [0.15, 0.2) is 12.6 Å². The standard InChI is InChI=1S/C35H59NO8/c1-4-5-14-26(2)23-27(43-34-17-10-12-21-41-34)19-20-29-28(30(37)24-31(29)44-35-18-11-13-22-42-35)15-8-6-7-9-16-32(38)36-25-33(39)40-3/h6,8,19-20,26-31,34-35,37H,4-5,7,9-18,21-25H2,1-3H3,(H,36,38)/b8-6-,20-19+/t26-,27-,28+,29+,30-,31+,34?,35?/m0/s1. The van der Waals surface area contributed by atoms with E-state index in [0.29, 0.717) is 25.2 Å². The van der Waals surface area contributed by atoms with E-state index in [1.807, 2.05) is 0 Å². The first-order valence-corrected chi connectivity index (χ1v) is 17.3. The van der Waals surface area contributed by atoms with Crippen molar-refractivity contribution in [3.8, 4) is 0 Å². The molecule has 2 unspecified atom stereocenters. The van der Waals surface area contributed by atoms with Gasteiger partial charge in [-0.15, -0.1) is 0 Å². The Hall–Kier alpha value is -1.78. The largest absolute Gasteiger partial charge is 0.468 e. The summed E-state index contributed by atoms with van der Waals surface area (Å²) in [5.74, 6) is -0.0199. The number of aliphatic hydroxyl groups excluding tert-OH is 1. The molecule has 3 rings (SSSR count). The first-order chi connectivity index (χ1) is 21.4. The third-order valence-electron chi connectivity index (χ3n) is 9.06. The zero-order valence-electron chi connectivity index (χ0n) is 27.5. The zero-order chi connectivity index (χ0) is 31.6. The molecule has 0 spiro atoms. The van der Waals surface area contributed by atoms with Crippen LogP contribution in [-0.4, -0.2) is 74.7 Å². The van der Waals surface area contributed by atoms with E-state index >= 15 is 0 Å². The van der Waals surface area contributed by atoms with E-state index in [-0.39, 0.29) is 49.1 Å². The summed E-state index contributed by atoms with van der Waals surface area (Å²) in [7, 11) is 1.30. The maximum atomic E-state index is 11.9. The Kier molecular flexibility index (Phi) is 17.6. The second-order valence-corrected chi connectivity index (χ2v) is 12.8. The molecule has 3 fully saturated rings. The minimum atomic E-state index is -0.475. The highest BCUT2D eigenvalue weighted by molar-refractivity contribution is 5.81. The first-order valence-electron chi connectivity index (χ1n) is 17.3. The molecule has 0 aromatic heterocycles. The molecule has 2 saturated heterocycles. The van der Waals surface area contributed by atoms with E-state index in [4.69, 9.17) is 18.9 Å². The molecule has 1 saturated carbocycles.